The van der Waals surface area contributed by atoms with E-state index in [0.717, 1.165) is 18.5 Å². The standard InChI is InChI=1S/C22H30N4O6/c1-8-30-18(27)15-16-23-14(13-9-10-13)11-12-25(16)24-17(15)26(19(28)31-21(2,3)4)20(29)32-22(5,6)7/h11-13H,8-10H2,1-7H3. The van der Waals surface area contributed by atoms with Gasteiger partial charge in [-0.2, -0.15) is 4.90 Å². The lowest BCUT2D eigenvalue weighted by Crippen LogP contribution is -2.44. The fraction of sp³-hybridized carbons (Fsp3) is 0.591. The van der Waals surface area contributed by atoms with E-state index in [1.54, 1.807) is 54.7 Å². The third-order valence-electron chi connectivity index (χ3n) is 4.33. The first-order valence-corrected chi connectivity index (χ1v) is 10.6. The average molecular weight is 447 g/mol. The van der Waals surface area contributed by atoms with Crippen molar-refractivity contribution >= 4 is 29.6 Å². The quantitative estimate of drug-likeness (QED) is 0.500. The predicted molar refractivity (Wildman–Crippen MR) is 116 cm³/mol. The normalized spacial score (nSPS) is 14.2. The number of hydrogen-bond donors (Lipinski definition) is 0. The van der Waals surface area contributed by atoms with Gasteiger partial charge in [-0.1, -0.05) is 0 Å². The zero-order valence-electron chi connectivity index (χ0n) is 19.6. The van der Waals surface area contributed by atoms with Crippen molar-refractivity contribution < 1.29 is 28.6 Å². The van der Waals surface area contributed by atoms with Crippen LogP contribution in [-0.2, 0) is 14.2 Å². The average Bonchev–Trinajstić information content (AvgIpc) is 3.40. The van der Waals surface area contributed by atoms with E-state index in [-0.39, 0.29) is 23.6 Å². The van der Waals surface area contributed by atoms with Crippen molar-refractivity contribution in [2.75, 3.05) is 11.5 Å². The molecule has 1 aliphatic rings. The lowest BCUT2D eigenvalue weighted by Gasteiger charge is -2.27. The number of carbonyl (C=O) groups excluding carboxylic acids is 3. The van der Waals surface area contributed by atoms with E-state index in [4.69, 9.17) is 14.2 Å². The second-order valence-corrected chi connectivity index (χ2v) is 9.61. The van der Waals surface area contributed by atoms with Gasteiger partial charge in [0.25, 0.3) is 0 Å². The van der Waals surface area contributed by atoms with Crippen LogP contribution in [0.3, 0.4) is 0 Å². The van der Waals surface area contributed by atoms with Gasteiger partial charge < -0.3 is 14.2 Å². The van der Waals surface area contributed by atoms with Crippen LogP contribution in [0.1, 0.15) is 83.3 Å². The highest BCUT2D eigenvalue weighted by atomic mass is 16.6. The Morgan fingerprint density at radius 2 is 1.62 bits per heavy atom. The van der Waals surface area contributed by atoms with E-state index in [9.17, 15) is 14.4 Å². The van der Waals surface area contributed by atoms with Gasteiger partial charge in [0, 0.05) is 17.8 Å². The second kappa shape index (κ2) is 8.40. The third kappa shape index (κ3) is 5.35. The summed E-state index contributed by atoms with van der Waals surface area (Å²) < 4.78 is 17.4. The minimum atomic E-state index is -1.02. The molecule has 2 aromatic rings. The Kier molecular flexibility index (Phi) is 6.17. The molecule has 0 spiro atoms. The Morgan fingerprint density at radius 1 is 1.06 bits per heavy atom. The van der Waals surface area contributed by atoms with Crippen LogP contribution in [-0.4, -0.2) is 50.6 Å². The van der Waals surface area contributed by atoms with Crippen molar-refractivity contribution in [1.82, 2.24) is 14.6 Å². The number of esters is 1. The SMILES string of the molecule is CCOC(=O)c1c(N(C(=O)OC(C)(C)C)C(=O)OC(C)(C)C)nn2ccc(C3CC3)nc12. The summed E-state index contributed by atoms with van der Waals surface area (Å²) in [6.45, 7) is 11.7. The lowest BCUT2D eigenvalue weighted by atomic mass is 10.2. The molecule has 0 aliphatic heterocycles. The van der Waals surface area contributed by atoms with Crippen molar-refractivity contribution in [2.45, 2.75) is 78.4 Å². The van der Waals surface area contributed by atoms with Crippen LogP contribution in [0.25, 0.3) is 5.65 Å². The van der Waals surface area contributed by atoms with Crippen LogP contribution < -0.4 is 4.90 Å². The summed E-state index contributed by atoms with van der Waals surface area (Å²) in [5.41, 5.74) is -0.905. The topological polar surface area (TPSA) is 112 Å². The molecular formula is C22H30N4O6. The van der Waals surface area contributed by atoms with Crippen LogP contribution in [0.2, 0.25) is 0 Å². The molecule has 1 saturated carbocycles. The number of nitrogens with zero attached hydrogens (tertiary/aromatic N) is 4. The minimum absolute atomic E-state index is 0.0941. The van der Waals surface area contributed by atoms with Crippen molar-refractivity contribution in [2.24, 2.45) is 0 Å². The summed E-state index contributed by atoms with van der Waals surface area (Å²) >= 11 is 0. The number of aromatic nitrogens is 3. The summed E-state index contributed by atoms with van der Waals surface area (Å²) in [4.78, 5) is 44.2. The van der Waals surface area contributed by atoms with Gasteiger partial charge in [-0.3, -0.25) is 0 Å². The molecule has 10 nitrogen and oxygen atoms in total. The van der Waals surface area contributed by atoms with Gasteiger partial charge in [-0.05, 0) is 67.4 Å². The molecule has 0 saturated heterocycles. The van der Waals surface area contributed by atoms with E-state index in [0.29, 0.717) is 10.8 Å². The number of rotatable bonds is 4. The lowest BCUT2D eigenvalue weighted by molar-refractivity contribution is 0.0428. The van der Waals surface area contributed by atoms with E-state index in [1.807, 2.05) is 6.07 Å². The Morgan fingerprint density at radius 3 is 2.09 bits per heavy atom. The number of anilines is 1. The molecule has 0 atom stereocenters. The van der Waals surface area contributed by atoms with Gasteiger partial charge in [0.15, 0.2) is 11.5 Å². The van der Waals surface area contributed by atoms with E-state index in [2.05, 4.69) is 10.1 Å². The first kappa shape index (κ1) is 23.5. The maximum Gasteiger partial charge on any atom is 0.425 e. The van der Waals surface area contributed by atoms with Crippen molar-refractivity contribution in [1.29, 1.82) is 0 Å². The Labute approximate surface area is 186 Å². The zero-order chi connectivity index (χ0) is 23.8. The van der Waals surface area contributed by atoms with Gasteiger partial charge in [-0.25, -0.2) is 23.9 Å². The number of carbonyl (C=O) groups is 3. The molecule has 174 valence electrons. The molecule has 2 amide bonds. The number of amides is 2. The van der Waals surface area contributed by atoms with Crippen LogP contribution >= 0.6 is 0 Å². The molecule has 2 aromatic heterocycles. The fourth-order valence-corrected chi connectivity index (χ4v) is 2.94. The van der Waals surface area contributed by atoms with Crippen molar-refractivity contribution in [3.8, 4) is 0 Å². The number of ether oxygens (including phenoxy) is 3. The van der Waals surface area contributed by atoms with Gasteiger partial charge in [-0.15, -0.1) is 5.10 Å². The number of hydrogen-bond acceptors (Lipinski definition) is 8. The van der Waals surface area contributed by atoms with Crippen molar-refractivity contribution in [3.05, 3.63) is 23.5 Å². The number of imide groups is 1. The van der Waals surface area contributed by atoms with E-state index >= 15 is 0 Å². The fourth-order valence-electron chi connectivity index (χ4n) is 2.94. The minimum Gasteiger partial charge on any atom is -0.462 e. The summed E-state index contributed by atoms with van der Waals surface area (Å²) in [6, 6.07) is 1.81. The first-order chi connectivity index (χ1) is 14.8. The second-order valence-electron chi connectivity index (χ2n) is 9.61. The summed E-state index contributed by atoms with van der Waals surface area (Å²) in [6.07, 6.45) is 1.62. The molecule has 0 N–H and O–H groups in total. The highest BCUT2D eigenvalue weighted by Gasteiger charge is 2.39. The van der Waals surface area contributed by atoms with E-state index in [1.165, 1.54) is 4.52 Å². The molecular weight excluding hydrogens is 416 g/mol. The molecule has 0 radical (unpaired) electrons. The van der Waals surface area contributed by atoms with Gasteiger partial charge in [0.05, 0.1) is 6.61 Å². The summed E-state index contributed by atoms with van der Waals surface area (Å²) in [7, 11) is 0. The summed E-state index contributed by atoms with van der Waals surface area (Å²) in [5, 5.41) is 4.32. The molecule has 32 heavy (non-hydrogen) atoms. The van der Waals surface area contributed by atoms with Gasteiger partial charge in [0.1, 0.15) is 16.8 Å². The van der Waals surface area contributed by atoms with Crippen LogP contribution in [0.5, 0.6) is 0 Å². The molecule has 0 bridgehead atoms. The number of fused-ring (bicyclic) bond motifs is 1. The van der Waals surface area contributed by atoms with Crippen LogP contribution in [0.4, 0.5) is 15.4 Å². The predicted octanol–water partition coefficient (Wildman–Crippen LogP) is 4.46. The highest BCUT2D eigenvalue weighted by Crippen LogP contribution is 2.39. The smallest absolute Gasteiger partial charge is 0.425 e. The van der Waals surface area contributed by atoms with Gasteiger partial charge in [0.2, 0.25) is 0 Å². The maximum atomic E-state index is 13.1. The van der Waals surface area contributed by atoms with E-state index < -0.39 is 29.4 Å². The van der Waals surface area contributed by atoms with Crippen LogP contribution in [0.15, 0.2) is 12.3 Å². The molecule has 10 heteroatoms. The summed E-state index contributed by atoms with van der Waals surface area (Å²) in [5.74, 6) is -0.691. The zero-order valence-corrected chi connectivity index (χ0v) is 19.6. The monoisotopic (exact) mass is 446 g/mol. The van der Waals surface area contributed by atoms with Crippen LogP contribution in [0, 0.1) is 0 Å². The molecule has 0 unspecified atom stereocenters. The molecule has 1 fully saturated rings. The third-order valence-corrected chi connectivity index (χ3v) is 4.33. The maximum absolute atomic E-state index is 13.1. The largest absolute Gasteiger partial charge is 0.462 e. The first-order valence-electron chi connectivity index (χ1n) is 10.6. The Hall–Kier alpha value is -3.17. The highest BCUT2D eigenvalue weighted by molar-refractivity contribution is 6.14. The van der Waals surface area contributed by atoms with Gasteiger partial charge >= 0.3 is 18.2 Å². The Balaban J connectivity index is 2.18. The molecule has 3 rings (SSSR count). The molecule has 2 heterocycles. The molecule has 0 aromatic carbocycles. The Bertz CT molecular complexity index is 1020. The van der Waals surface area contributed by atoms with Crippen molar-refractivity contribution in [3.63, 3.8) is 0 Å². The molecule has 1 aliphatic carbocycles.